The summed E-state index contributed by atoms with van der Waals surface area (Å²) in [5.74, 6) is 0. The van der Waals surface area contributed by atoms with Crippen LogP contribution in [-0.2, 0) is 11.3 Å². The second-order valence-corrected chi connectivity index (χ2v) is 4.55. The molecule has 0 aliphatic carbocycles. The maximum Gasteiger partial charge on any atom is 0.491 e. The number of fused-ring (bicyclic) bond motifs is 1. The molecule has 0 spiro atoms. The molecule has 1 aromatic heterocycles. The molecule has 0 bridgehead atoms. The second kappa shape index (κ2) is 4.44. The predicted octanol–water partition coefficient (Wildman–Crippen LogP) is 0.747. The quantitative estimate of drug-likeness (QED) is 0.551. The van der Waals surface area contributed by atoms with Gasteiger partial charge in [-0.1, -0.05) is 6.07 Å². The lowest BCUT2D eigenvalue weighted by Gasteiger charge is -2.05. The summed E-state index contributed by atoms with van der Waals surface area (Å²) < 4.78 is 8.31. The van der Waals surface area contributed by atoms with Crippen LogP contribution in [0.15, 0.2) is 35.7 Å². The number of rotatable bonds is 3. The molecule has 3 rings (SSSR count). The van der Waals surface area contributed by atoms with Crippen molar-refractivity contribution in [1.29, 1.82) is 0 Å². The summed E-state index contributed by atoms with van der Waals surface area (Å²) in [6.45, 7) is 0.477. The Balaban J connectivity index is 1.74. The maximum atomic E-state index is 9.59. The molecule has 3 N–H and O–H groups in total. The Morgan fingerprint density at radius 2 is 2.47 bits per heavy atom. The average Bonchev–Trinajstić information content (AvgIpc) is 2.97. The van der Waals surface area contributed by atoms with Crippen LogP contribution in [0.25, 0.3) is 0 Å². The molecule has 0 saturated carbocycles. The van der Waals surface area contributed by atoms with Gasteiger partial charge in [0.05, 0.1) is 19.1 Å². The minimum Gasteiger partial charge on any atom is -0.423 e. The van der Waals surface area contributed by atoms with E-state index in [1.165, 1.54) is 11.9 Å². The van der Waals surface area contributed by atoms with E-state index in [4.69, 9.17) is 4.65 Å². The summed E-state index contributed by atoms with van der Waals surface area (Å²) in [7, 11) is -0.802. The fourth-order valence-electron chi connectivity index (χ4n) is 1.69. The molecule has 1 aromatic carbocycles. The summed E-state index contributed by atoms with van der Waals surface area (Å²) in [5, 5.41) is 10.5. The summed E-state index contributed by atoms with van der Waals surface area (Å²) >= 11 is 1.44. The first-order valence-electron chi connectivity index (χ1n) is 5.16. The Bertz CT molecular complexity index is 520. The summed E-state index contributed by atoms with van der Waals surface area (Å²) in [6, 6.07) is 5.82. The lowest BCUT2D eigenvalue weighted by molar-refractivity contribution is 0.275. The van der Waals surface area contributed by atoms with Gasteiger partial charge >= 0.3 is 7.12 Å². The van der Waals surface area contributed by atoms with Crippen LogP contribution in [-0.4, -0.2) is 22.1 Å². The lowest BCUT2D eigenvalue weighted by Crippen LogP contribution is -2.28. The van der Waals surface area contributed by atoms with Crippen molar-refractivity contribution in [3.05, 3.63) is 36.3 Å². The SMILES string of the molecule is OB1OCc2ccc(NSc3cnc[nH]3)cc21. The molecule has 2 heterocycles. The number of hydrogen-bond acceptors (Lipinski definition) is 5. The third-order valence-corrected chi connectivity index (χ3v) is 3.34. The van der Waals surface area contributed by atoms with E-state index in [0.717, 1.165) is 21.7 Å². The van der Waals surface area contributed by atoms with E-state index >= 15 is 0 Å². The van der Waals surface area contributed by atoms with Crippen LogP contribution in [0.5, 0.6) is 0 Å². The van der Waals surface area contributed by atoms with Crippen LogP contribution in [0.1, 0.15) is 5.56 Å². The number of benzene rings is 1. The number of nitrogens with zero attached hydrogens (tertiary/aromatic N) is 1. The number of H-pyrrole nitrogens is 1. The van der Waals surface area contributed by atoms with Gasteiger partial charge < -0.3 is 19.4 Å². The van der Waals surface area contributed by atoms with Gasteiger partial charge in [0, 0.05) is 17.6 Å². The maximum absolute atomic E-state index is 9.59. The number of nitrogens with one attached hydrogen (secondary N) is 2. The third kappa shape index (κ3) is 2.17. The molecular weight excluding hydrogens is 237 g/mol. The van der Waals surface area contributed by atoms with Gasteiger partial charge in [-0.25, -0.2) is 4.98 Å². The number of aromatic nitrogens is 2. The first-order chi connectivity index (χ1) is 8.33. The molecule has 86 valence electrons. The van der Waals surface area contributed by atoms with Crippen LogP contribution in [0, 0.1) is 0 Å². The van der Waals surface area contributed by atoms with Gasteiger partial charge in [0.25, 0.3) is 0 Å². The zero-order valence-electron chi connectivity index (χ0n) is 8.88. The first kappa shape index (κ1) is 10.7. The summed E-state index contributed by atoms with van der Waals surface area (Å²) in [5.41, 5.74) is 2.79. The van der Waals surface area contributed by atoms with Crippen molar-refractivity contribution in [2.75, 3.05) is 4.72 Å². The van der Waals surface area contributed by atoms with Crippen molar-refractivity contribution in [2.24, 2.45) is 0 Å². The Hall–Kier alpha value is -1.44. The second-order valence-electron chi connectivity index (χ2n) is 3.70. The molecule has 17 heavy (non-hydrogen) atoms. The monoisotopic (exact) mass is 247 g/mol. The van der Waals surface area contributed by atoms with E-state index in [9.17, 15) is 5.02 Å². The highest BCUT2D eigenvalue weighted by atomic mass is 32.2. The Labute approximate surface area is 103 Å². The Morgan fingerprint density at radius 1 is 1.53 bits per heavy atom. The zero-order valence-corrected chi connectivity index (χ0v) is 9.70. The van der Waals surface area contributed by atoms with Crippen molar-refractivity contribution in [1.82, 2.24) is 9.97 Å². The molecule has 0 unspecified atom stereocenters. The van der Waals surface area contributed by atoms with Crippen LogP contribution in [0.3, 0.4) is 0 Å². The Morgan fingerprint density at radius 3 is 3.29 bits per heavy atom. The smallest absolute Gasteiger partial charge is 0.423 e. The van der Waals surface area contributed by atoms with Gasteiger partial charge in [0.1, 0.15) is 5.03 Å². The van der Waals surface area contributed by atoms with Crippen molar-refractivity contribution < 1.29 is 9.68 Å². The van der Waals surface area contributed by atoms with Crippen LogP contribution in [0.2, 0.25) is 0 Å². The van der Waals surface area contributed by atoms with E-state index in [1.807, 2.05) is 18.2 Å². The summed E-state index contributed by atoms with van der Waals surface area (Å²) in [4.78, 5) is 6.91. The van der Waals surface area contributed by atoms with Gasteiger partial charge in [-0.3, -0.25) is 0 Å². The third-order valence-electron chi connectivity index (χ3n) is 2.56. The minimum absolute atomic E-state index is 0.477. The number of hydrogen-bond donors (Lipinski definition) is 3. The number of anilines is 1. The topological polar surface area (TPSA) is 70.2 Å². The molecule has 1 aliphatic rings. The van der Waals surface area contributed by atoms with E-state index in [1.54, 1.807) is 12.5 Å². The van der Waals surface area contributed by atoms with E-state index in [0.29, 0.717) is 6.61 Å². The molecule has 2 aromatic rings. The minimum atomic E-state index is -0.802. The standard InChI is InChI=1S/C10H10BN3O2S/c15-11-9-3-8(2-1-7(9)5-16-11)14-17-10-4-12-6-13-10/h1-4,6,14-15H,5H2,(H,12,13). The van der Waals surface area contributed by atoms with Gasteiger partial charge in [-0.2, -0.15) is 0 Å². The molecule has 1 aliphatic heterocycles. The molecular formula is C10H10BN3O2S. The van der Waals surface area contributed by atoms with E-state index < -0.39 is 7.12 Å². The van der Waals surface area contributed by atoms with E-state index in [2.05, 4.69) is 14.7 Å². The molecule has 0 atom stereocenters. The van der Waals surface area contributed by atoms with Crippen molar-refractivity contribution in [3.8, 4) is 0 Å². The Kier molecular flexibility index (Phi) is 2.80. The van der Waals surface area contributed by atoms with Gasteiger partial charge in [-0.15, -0.1) is 0 Å². The molecule has 5 nitrogen and oxygen atoms in total. The number of imidazole rings is 1. The normalized spacial score (nSPS) is 13.8. The zero-order chi connectivity index (χ0) is 11.7. The molecule has 0 amide bonds. The molecule has 7 heteroatoms. The predicted molar refractivity (Wildman–Crippen MR) is 66.9 cm³/mol. The molecule has 0 radical (unpaired) electrons. The van der Waals surface area contributed by atoms with Crippen LogP contribution < -0.4 is 10.2 Å². The average molecular weight is 247 g/mol. The van der Waals surface area contributed by atoms with E-state index in [-0.39, 0.29) is 0 Å². The highest BCUT2D eigenvalue weighted by Gasteiger charge is 2.27. The fourth-order valence-corrected chi connectivity index (χ4v) is 2.27. The van der Waals surface area contributed by atoms with Crippen LogP contribution in [0.4, 0.5) is 5.69 Å². The first-order valence-corrected chi connectivity index (χ1v) is 5.98. The molecule has 0 saturated heterocycles. The molecule has 0 fully saturated rings. The van der Waals surface area contributed by atoms with Crippen molar-refractivity contribution in [3.63, 3.8) is 0 Å². The van der Waals surface area contributed by atoms with Gasteiger partial charge in [0.15, 0.2) is 0 Å². The number of aromatic amines is 1. The van der Waals surface area contributed by atoms with Gasteiger partial charge in [-0.05, 0) is 23.2 Å². The van der Waals surface area contributed by atoms with Crippen molar-refractivity contribution >= 4 is 30.2 Å². The highest BCUT2D eigenvalue weighted by Crippen LogP contribution is 2.20. The highest BCUT2D eigenvalue weighted by molar-refractivity contribution is 8.00. The summed E-state index contributed by atoms with van der Waals surface area (Å²) in [6.07, 6.45) is 3.37. The van der Waals surface area contributed by atoms with Gasteiger partial charge in [0.2, 0.25) is 0 Å². The fraction of sp³-hybridized carbons (Fsp3) is 0.100. The van der Waals surface area contributed by atoms with Crippen molar-refractivity contribution in [2.45, 2.75) is 11.6 Å². The lowest BCUT2D eigenvalue weighted by atomic mass is 9.79. The largest absolute Gasteiger partial charge is 0.491 e. The van der Waals surface area contributed by atoms with Crippen LogP contribution >= 0.6 is 11.9 Å².